The summed E-state index contributed by atoms with van der Waals surface area (Å²) in [6.45, 7) is 4.68. The number of nitrogens with zero attached hydrogens (tertiary/aromatic N) is 3. The maximum absolute atomic E-state index is 15.2. The highest BCUT2D eigenvalue weighted by molar-refractivity contribution is 6.05. The Bertz CT molecular complexity index is 1830. The Hall–Kier alpha value is -4.66. The first-order valence-corrected chi connectivity index (χ1v) is 14.7. The van der Waals surface area contributed by atoms with Crippen LogP contribution in [0.2, 0.25) is 0 Å². The monoisotopic (exact) mass is 582 g/mol. The van der Waals surface area contributed by atoms with Crippen molar-refractivity contribution < 1.29 is 18.7 Å². The molecule has 4 aromatic rings. The van der Waals surface area contributed by atoms with Gasteiger partial charge in [0.1, 0.15) is 17.1 Å². The largest absolute Gasteiger partial charge is 0.494 e. The summed E-state index contributed by atoms with van der Waals surface area (Å²) in [5.74, 6) is -0.0947. The lowest BCUT2D eigenvalue weighted by Gasteiger charge is -2.12. The normalized spacial score (nSPS) is 15.3. The zero-order valence-electron chi connectivity index (χ0n) is 24.7. The smallest absolute Gasteiger partial charge is 0.284 e. The number of aromatic nitrogens is 3. The highest BCUT2D eigenvalue weighted by Crippen LogP contribution is 2.48. The number of hydrogen-bond acceptors (Lipinski definition) is 5. The van der Waals surface area contributed by atoms with Gasteiger partial charge in [0.2, 0.25) is 0 Å². The van der Waals surface area contributed by atoms with E-state index in [1.165, 1.54) is 42.1 Å². The first kappa shape index (κ1) is 28.5. The minimum atomic E-state index is -0.660. The highest BCUT2D eigenvalue weighted by Gasteiger charge is 2.36. The number of anilines is 1. The number of nitrogens with one attached hydrogen (secondary N) is 1. The van der Waals surface area contributed by atoms with Gasteiger partial charge in [0, 0.05) is 36.5 Å². The second-order valence-electron chi connectivity index (χ2n) is 11.7. The molecule has 43 heavy (non-hydrogen) atoms. The zero-order chi connectivity index (χ0) is 30.1. The summed E-state index contributed by atoms with van der Waals surface area (Å²) in [5.41, 5.74) is 2.20. The summed E-state index contributed by atoms with van der Waals surface area (Å²) in [4.78, 5) is 30.8. The number of ether oxygens (including phenoxy) is 2. The zero-order valence-corrected chi connectivity index (χ0v) is 24.7. The molecule has 1 fully saturated rings. The van der Waals surface area contributed by atoms with Crippen LogP contribution in [0.1, 0.15) is 61.5 Å². The molecule has 1 amide bonds. The van der Waals surface area contributed by atoms with Gasteiger partial charge in [-0.3, -0.25) is 19.3 Å². The van der Waals surface area contributed by atoms with Gasteiger partial charge in [-0.25, -0.2) is 9.07 Å². The lowest BCUT2D eigenvalue weighted by molar-refractivity contribution is 0.102. The summed E-state index contributed by atoms with van der Waals surface area (Å²) >= 11 is 0. The molecule has 0 atom stereocenters. The molecule has 0 radical (unpaired) electrons. The highest BCUT2D eigenvalue weighted by atomic mass is 19.1. The first-order valence-electron chi connectivity index (χ1n) is 14.7. The van der Waals surface area contributed by atoms with Crippen molar-refractivity contribution in [2.45, 2.75) is 52.4 Å². The van der Waals surface area contributed by atoms with E-state index in [0.29, 0.717) is 29.0 Å². The van der Waals surface area contributed by atoms with Crippen molar-refractivity contribution in [1.29, 1.82) is 0 Å². The molecular weight excluding hydrogens is 547 g/mol. The van der Waals surface area contributed by atoms with Gasteiger partial charge in [-0.05, 0) is 87.3 Å². The minimum absolute atomic E-state index is 0.00586. The van der Waals surface area contributed by atoms with Crippen molar-refractivity contribution in [2.75, 3.05) is 11.9 Å². The predicted molar refractivity (Wildman–Crippen MR) is 165 cm³/mol. The molecule has 0 bridgehead atoms. The number of pyridine rings is 1. The van der Waals surface area contributed by atoms with Gasteiger partial charge in [-0.15, -0.1) is 0 Å². The molecule has 2 aliphatic carbocycles. The SMILES string of the molecule is Cc1c(C(=O)Nc2ccc(Oc3ccnc4cc(OCCCC5(C)CC5)ccc34)c(F)c2)c(=O)n(C2=CCCC=C2)n1C. The standard InChI is InChI=1S/C34H35FN4O4/c1-22-31(33(41)39(38(22)3)24-8-5-4-6-9-24)32(40)37-23-10-13-30(27(35)20-23)43-29-14-18-36-28-21-25(11-12-26(28)29)42-19-7-15-34(2)16-17-34/h5,8-14,18,20-21H,4,6-7,15-17,19H2,1-3H3,(H,37,40). The Morgan fingerprint density at radius 2 is 1.95 bits per heavy atom. The Balaban J connectivity index is 1.15. The van der Waals surface area contributed by atoms with Crippen LogP contribution in [0.15, 0.2) is 71.7 Å². The van der Waals surface area contributed by atoms with Crippen LogP contribution in [0, 0.1) is 18.2 Å². The number of allylic oxidation sites excluding steroid dienone is 4. The quantitative estimate of drug-likeness (QED) is 0.197. The van der Waals surface area contributed by atoms with Crippen LogP contribution in [-0.4, -0.2) is 26.9 Å². The van der Waals surface area contributed by atoms with Crippen molar-refractivity contribution in [1.82, 2.24) is 14.3 Å². The number of carbonyl (C=O) groups is 1. The molecule has 6 rings (SSSR count). The maximum Gasteiger partial charge on any atom is 0.284 e. The third-order valence-electron chi connectivity index (χ3n) is 8.38. The van der Waals surface area contributed by atoms with Gasteiger partial charge < -0.3 is 14.8 Å². The van der Waals surface area contributed by atoms with Crippen LogP contribution in [-0.2, 0) is 7.05 Å². The Labute approximate surface area is 249 Å². The van der Waals surface area contributed by atoms with Gasteiger partial charge >= 0.3 is 0 Å². The molecular formula is C34H35FN4O4. The van der Waals surface area contributed by atoms with Crippen molar-refractivity contribution in [3.05, 3.63) is 94.3 Å². The molecule has 2 heterocycles. The molecule has 0 unspecified atom stereocenters. The van der Waals surface area contributed by atoms with Gasteiger partial charge in [-0.1, -0.05) is 19.1 Å². The molecule has 222 valence electrons. The molecule has 2 aliphatic rings. The first-order chi connectivity index (χ1) is 20.7. The summed E-state index contributed by atoms with van der Waals surface area (Å²) in [6, 6.07) is 11.4. The average molecular weight is 583 g/mol. The summed E-state index contributed by atoms with van der Waals surface area (Å²) in [5, 5.41) is 3.38. The number of benzene rings is 2. The van der Waals surface area contributed by atoms with E-state index < -0.39 is 17.3 Å². The van der Waals surface area contributed by atoms with E-state index in [1.54, 1.807) is 30.9 Å². The second kappa shape index (κ2) is 11.6. The molecule has 2 aromatic heterocycles. The van der Waals surface area contributed by atoms with Crippen molar-refractivity contribution in [2.24, 2.45) is 12.5 Å². The molecule has 1 N–H and O–H groups in total. The van der Waals surface area contributed by atoms with Gasteiger partial charge in [0.05, 0.1) is 23.5 Å². The van der Waals surface area contributed by atoms with E-state index in [0.717, 1.165) is 36.1 Å². The van der Waals surface area contributed by atoms with Crippen molar-refractivity contribution in [3.8, 4) is 17.2 Å². The second-order valence-corrected chi connectivity index (χ2v) is 11.7. The fraction of sp³-hybridized carbons (Fsp3) is 0.324. The topological polar surface area (TPSA) is 87.4 Å². The molecule has 0 spiro atoms. The number of halogens is 1. The summed E-state index contributed by atoms with van der Waals surface area (Å²) < 4.78 is 30.2. The number of amides is 1. The number of rotatable bonds is 10. The van der Waals surface area contributed by atoms with E-state index >= 15 is 4.39 Å². The molecule has 0 saturated heterocycles. The van der Waals surface area contributed by atoms with E-state index in [2.05, 4.69) is 17.2 Å². The Morgan fingerprint density at radius 3 is 2.70 bits per heavy atom. The van der Waals surface area contributed by atoms with Crippen LogP contribution in [0.4, 0.5) is 10.1 Å². The van der Waals surface area contributed by atoms with Crippen LogP contribution in [0.25, 0.3) is 16.6 Å². The number of carbonyl (C=O) groups excluding carboxylic acids is 1. The van der Waals surface area contributed by atoms with E-state index in [1.807, 2.05) is 36.4 Å². The number of hydrogen-bond donors (Lipinski definition) is 1. The molecule has 9 heteroatoms. The number of fused-ring (bicyclic) bond motifs is 1. The summed E-state index contributed by atoms with van der Waals surface area (Å²) in [6.07, 6.45) is 14.0. The van der Waals surface area contributed by atoms with E-state index in [-0.39, 0.29) is 17.0 Å². The fourth-order valence-corrected chi connectivity index (χ4v) is 5.42. The Morgan fingerprint density at radius 1 is 1.12 bits per heavy atom. The molecule has 2 aromatic carbocycles. The maximum atomic E-state index is 15.2. The minimum Gasteiger partial charge on any atom is -0.494 e. The third kappa shape index (κ3) is 5.98. The van der Waals surface area contributed by atoms with Crippen LogP contribution in [0.5, 0.6) is 17.2 Å². The van der Waals surface area contributed by atoms with Crippen LogP contribution < -0.4 is 20.3 Å². The van der Waals surface area contributed by atoms with Gasteiger partial charge in [0.25, 0.3) is 11.5 Å². The van der Waals surface area contributed by atoms with Crippen molar-refractivity contribution >= 4 is 28.2 Å². The van der Waals surface area contributed by atoms with E-state index in [4.69, 9.17) is 9.47 Å². The summed E-state index contributed by atoms with van der Waals surface area (Å²) in [7, 11) is 1.73. The molecule has 0 aliphatic heterocycles. The van der Waals surface area contributed by atoms with Gasteiger partial charge in [0.15, 0.2) is 11.6 Å². The average Bonchev–Trinajstić information content (AvgIpc) is 3.69. The lowest BCUT2D eigenvalue weighted by Crippen LogP contribution is -2.26. The molecule has 8 nitrogen and oxygen atoms in total. The van der Waals surface area contributed by atoms with E-state index in [9.17, 15) is 9.59 Å². The van der Waals surface area contributed by atoms with Crippen molar-refractivity contribution in [3.63, 3.8) is 0 Å². The van der Waals surface area contributed by atoms with Crippen LogP contribution >= 0.6 is 0 Å². The van der Waals surface area contributed by atoms with Gasteiger partial charge in [-0.2, -0.15) is 0 Å². The fourth-order valence-electron chi connectivity index (χ4n) is 5.42. The molecule has 1 saturated carbocycles. The lowest BCUT2D eigenvalue weighted by atomic mass is 10.0. The van der Waals surface area contributed by atoms with Crippen LogP contribution in [0.3, 0.4) is 0 Å². The third-order valence-corrected chi connectivity index (χ3v) is 8.38. The predicted octanol–water partition coefficient (Wildman–Crippen LogP) is 7.38. The Kier molecular flexibility index (Phi) is 7.64.